The van der Waals surface area contributed by atoms with Gasteiger partial charge in [-0.3, -0.25) is 14.5 Å². The van der Waals surface area contributed by atoms with Crippen LogP contribution in [-0.2, 0) is 23.8 Å². The number of ketones is 1. The molecule has 0 amide bonds. The van der Waals surface area contributed by atoms with E-state index in [1.807, 2.05) is 6.08 Å². The molecule has 0 spiro atoms. The molecule has 392 valence electrons. The summed E-state index contributed by atoms with van der Waals surface area (Å²) in [4.78, 5) is 28.3. The van der Waals surface area contributed by atoms with E-state index in [-0.39, 0.29) is 17.2 Å². The quantitative estimate of drug-likeness (QED) is 0.0199. The van der Waals surface area contributed by atoms with Crippen molar-refractivity contribution in [1.29, 1.82) is 0 Å². The fraction of sp³-hybridized carbons (Fsp3) is 0.885. The van der Waals surface area contributed by atoms with Crippen LogP contribution in [0.4, 0.5) is 0 Å². The van der Waals surface area contributed by atoms with Gasteiger partial charge in [-0.25, -0.2) is 0 Å². The van der Waals surface area contributed by atoms with Gasteiger partial charge in [-0.05, 0) is 108 Å². The maximum atomic E-state index is 13.0. The molecule has 6 heteroatoms. The lowest BCUT2D eigenvalue weighted by Crippen LogP contribution is -2.34. The largest absolute Gasteiger partial charge is 0.489 e. The number of allylic oxidation sites excluding steroid dienone is 2. The fourth-order valence-corrected chi connectivity index (χ4v) is 10.3. The Morgan fingerprint density at radius 2 is 1.09 bits per heavy atom. The SMILES string of the molecule is C=C=C(OCCCC(CCCCC)CCCCC)C(C)(C)CCCCN1C[C@@H](/C=C\C(=O)CCCCC)C[C@H]1COCCCCCCC(C)(C)C(=O)OCCCC(CCCCC)CCCCC. The lowest BCUT2D eigenvalue weighted by molar-refractivity contribution is -0.154. The topological polar surface area (TPSA) is 65.1 Å². The number of esters is 1. The van der Waals surface area contributed by atoms with Crippen molar-refractivity contribution in [2.75, 3.05) is 39.5 Å². The minimum Gasteiger partial charge on any atom is -0.489 e. The zero-order chi connectivity index (χ0) is 49.4. The molecule has 0 saturated carbocycles. The number of nitrogens with zero attached hydrogens (tertiary/aromatic N) is 1. The number of hydrogen-bond donors (Lipinski definition) is 0. The first-order chi connectivity index (χ1) is 32.4. The number of ether oxygens (including phenoxy) is 3. The molecule has 2 atom stereocenters. The second-order valence-electron chi connectivity index (χ2n) is 22.4. The first-order valence-corrected chi connectivity index (χ1v) is 29.1. The minimum absolute atomic E-state index is 0.0318. The Labute approximate surface area is 417 Å². The van der Waals surface area contributed by atoms with Crippen molar-refractivity contribution in [3.63, 3.8) is 0 Å². The maximum Gasteiger partial charge on any atom is 0.311 e. The summed E-state index contributed by atoms with van der Waals surface area (Å²) in [7, 11) is 0. The van der Waals surface area contributed by atoms with E-state index >= 15 is 0 Å². The van der Waals surface area contributed by atoms with Crippen molar-refractivity contribution in [3.05, 3.63) is 30.2 Å². The molecular weight excluding hydrogens is 827 g/mol. The summed E-state index contributed by atoms with van der Waals surface area (Å²) in [6.45, 7) is 29.0. The third kappa shape index (κ3) is 31.9. The van der Waals surface area contributed by atoms with Crippen LogP contribution in [0.3, 0.4) is 0 Å². The first-order valence-electron chi connectivity index (χ1n) is 29.1. The summed E-state index contributed by atoms with van der Waals surface area (Å²) in [5.74, 6) is 3.16. The molecule has 0 aromatic heterocycles. The number of hydrogen-bond acceptors (Lipinski definition) is 6. The molecule has 0 aromatic carbocycles. The van der Waals surface area contributed by atoms with Gasteiger partial charge in [-0.2, -0.15) is 0 Å². The Balaban J connectivity index is 2.56. The molecule has 1 rings (SSSR count). The number of rotatable bonds is 47. The predicted octanol–water partition coefficient (Wildman–Crippen LogP) is 17.9. The van der Waals surface area contributed by atoms with E-state index in [2.05, 4.69) is 85.6 Å². The molecule has 0 aliphatic carbocycles. The van der Waals surface area contributed by atoms with Gasteiger partial charge in [0, 0.05) is 31.0 Å². The van der Waals surface area contributed by atoms with Crippen molar-refractivity contribution >= 4 is 11.8 Å². The van der Waals surface area contributed by atoms with Crippen LogP contribution >= 0.6 is 0 Å². The first kappa shape index (κ1) is 63.1. The predicted molar refractivity (Wildman–Crippen MR) is 289 cm³/mol. The molecule has 1 heterocycles. The molecule has 1 aliphatic rings. The van der Waals surface area contributed by atoms with Gasteiger partial charge in [0.1, 0.15) is 5.76 Å². The highest BCUT2D eigenvalue weighted by molar-refractivity contribution is 5.89. The van der Waals surface area contributed by atoms with Gasteiger partial charge in [0.2, 0.25) is 0 Å². The second-order valence-corrected chi connectivity index (χ2v) is 22.4. The van der Waals surface area contributed by atoms with Crippen LogP contribution in [0.5, 0.6) is 0 Å². The van der Waals surface area contributed by atoms with Crippen molar-refractivity contribution in [3.8, 4) is 0 Å². The van der Waals surface area contributed by atoms with Crippen molar-refractivity contribution < 1.29 is 23.8 Å². The van der Waals surface area contributed by atoms with Crippen LogP contribution in [0, 0.1) is 28.6 Å². The van der Waals surface area contributed by atoms with E-state index in [0.717, 1.165) is 140 Å². The lowest BCUT2D eigenvalue weighted by atomic mass is 9.85. The van der Waals surface area contributed by atoms with Gasteiger partial charge in [0.05, 0.1) is 25.2 Å². The van der Waals surface area contributed by atoms with Gasteiger partial charge in [0.15, 0.2) is 5.78 Å². The zero-order valence-corrected chi connectivity index (χ0v) is 46.2. The Morgan fingerprint density at radius 3 is 1.64 bits per heavy atom. The molecular formula is C61H113NO5. The molecule has 0 unspecified atom stereocenters. The highest BCUT2D eigenvalue weighted by atomic mass is 16.5. The summed E-state index contributed by atoms with van der Waals surface area (Å²) >= 11 is 0. The minimum atomic E-state index is -0.437. The van der Waals surface area contributed by atoms with Crippen LogP contribution in [0.2, 0.25) is 0 Å². The van der Waals surface area contributed by atoms with Gasteiger partial charge in [-0.1, -0.05) is 208 Å². The van der Waals surface area contributed by atoms with Crippen LogP contribution in [-0.4, -0.2) is 62.2 Å². The number of unbranched alkanes of at least 4 members (excludes halogenated alkanes) is 14. The summed E-state index contributed by atoms with van der Waals surface area (Å²) < 4.78 is 18.6. The third-order valence-corrected chi connectivity index (χ3v) is 15.0. The molecule has 1 fully saturated rings. The molecule has 67 heavy (non-hydrogen) atoms. The molecule has 1 aliphatic heterocycles. The second kappa shape index (κ2) is 40.8. The molecule has 6 nitrogen and oxygen atoms in total. The van der Waals surface area contributed by atoms with Crippen LogP contribution in [0.15, 0.2) is 30.2 Å². The lowest BCUT2D eigenvalue weighted by Gasteiger charge is -2.28. The number of carbonyl (C=O) groups is 2. The van der Waals surface area contributed by atoms with E-state index < -0.39 is 5.41 Å². The van der Waals surface area contributed by atoms with Gasteiger partial charge >= 0.3 is 5.97 Å². The average Bonchev–Trinajstić information content (AvgIpc) is 3.70. The van der Waals surface area contributed by atoms with Gasteiger partial charge in [-0.15, -0.1) is 0 Å². The highest BCUT2D eigenvalue weighted by Gasteiger charge is 2.32. The zero-order valence-electron chi connectivity index (χ0n) is 46.2. The van der Waals surface area contributed by atoms with Crippen LogP contribution in [0.1, 0.15) is 274 Å². The van der Waals surface area contributed by atoms with E-state index in [1.165, 1.54) is 116 Å². The summed E-state index contributed by atoms with van der Waals surface area (Å²) in [6.07, 6.45) is 43.3. The van der Waals surface area contributed by atoms with Gasteiger partial charge < -0.3 is 14.2 Å². The van der Waals surface area contributed by atoms with Crippen molar-refractivity contribution in [1.82, 2.24) is 4.90 Å². The van der Waals surface area contributed by atoms with Crippen LogP contribution in [0.25, 0.3) is 0 Å². The Morgan fingerprint density at radius 1 is 0.597 bits per heavy atom. The molecule has 0 N–H and O–H groups in total. The average molecular weight is 941 g/mol. The third-order valence-electron chi connectivity index (χ3n) is 15.0. The Kier molecular flexibility index (Phi) is 38.5. The van der Waals surface area contributed by atoms with E-state index in [9.17, 15) is 9.59 Å². The molecule has 1 saturated heterocycles. The summed E-state index contributed by atoms with van der Waals surface area (Å²) in [5.41, 5.74) is 2.66. The Bertz CT molecular complexity index is 1260. The number of likely N-dealkylation sites (tertiary alicyclic amines) is 1. The van der Waals surface area contributed by atoms with Crippen molar-refractivity contribution in [2.24, 2.45) is 28.6 Å². The standard InChI is InChI=1S/C61H113NO5/c1-11-17-24-35-53(36-25-18-12-2)39-33-48-66-58(16-6)60(7,8)44-30-31-46-62-51-55(42-43-57(63)41-28-21-15-5)50-56(62)52-65-47-32-23-22-29-45-61(9,10)59(64)67-49-34-40-54(37-26-19-13-3)38-27-20-14-4/h42-43,53-56H,6,11-15,17-41,44-52H2,1-5,7-10H3/b43-42-/t55-,56-/m0/s1. The van der Waals surface area contributed by atoms with Gasteiger partial charge in [0.25, 0.3) is 0 Å². The van der Waals surface area contributed by atoms with E-state index in [0.29, 0.717) is 25.0 Å². The summed E-state index contributed by atoms with van der Waals surface area (Å²) in [6, 6.07) is 0.373. The monoisotopic (exact) mass is 940 g/mol. The van der Waals surface area contributed by atoms with E-state index in [4.69, 9.17) is 14.2 Å². The van der Waals surface area contributed by atoms with Crippen molar-refractivity contribution in [2.45, 2.75) is 280 Å². The molecule has 0 bridgehead atoms. The maximum absolute atomic E-state index is 13.0. The normalized spacial score (nSPS) is 15.9. The number of carbonyl (C=O) groups excluding carboxylic acids is 2. The molecule has 0 radical (unpaired) electrons. The smallest absolute Gasteiger partial charge is 0.311 e. The Hall–Kier alpha value is -1.88. The summed E-state index contributed by atoms with van der Waals surface area (Å²) in [5, 5.41) is 0. The highest BCUT2D eigenvalue weighted by Crippen LogP contribution is 2.34. The fourth-order valence-electron chi connectivity index (χ4n) is 10.3. The van der Waals surface area contributed by atoms with Crippen LogP contribution < -0.4 is 0 Å². The molecule has 0 aromatic rings. The van der Waals surface area contributed by atoms with E-state index in [1.54, 1.807) is 0 Å².